The number of aliphatic carboxylic acids is 1. The fraction of sp³-hybridized carbons (Fsp3) is 0.304. The smallest absolute Gasteiger partial charge is 0.550 e. The standard InChI is InChI=1S/C23H24N4O3S.Na/c28-21(29)12-15-1-4-17(5-2-15)30-18-7-9-27(10-8-18)13-16-3-6-20-19(11-16)26-22-23(31-20)25-14-24-22;/h1-6,11,14,18,26H,7-10,12-13H2,(H,24,25)(H,28,29);/q;+1/p-1. The van der Waals surface area contributed by atoms with Gasteiger partial charge in [-0.15, -0.1) is 0 Å². The van der Waals surface area contributed by atoms with Crippen LogP contribution < -0.4 is 44.7 Å². The van der Waals surface area contributed by atoms with Crippen molar-refractivity contribution in [3.63, 3.8) is 0 Å². The molecule has 0 aliphatic carbocycles. The summed E-state index contributed by atoms with van der Waals surface area (Å²) in [5, 5.41) is 15.1. The van der Waals surface area contributed by atoms with Gasteiger partial charge in [0.1, 0.15) is 22.7 Å². The van der Waals surface area contributed by atoms with Crippen LogP contribution in [0.1, 0.15) is 24.0 Å². The van der Waals surface area contributed by atoms with Gasteiger partial charge in [0.25, 0.3) is 0 Å². The molecule has 2 aromatic carbocycles. The topological polar surface area (TPSA) is 93.3 Å². The van der Waals surface area contributed by atoms with E-state index in [1.807, 2.05) is 12.1 Å². The fourth-order valence-corrected chi connectivity index (χ4v) is 4.92. The van der Waals surface area contributed by atoms with Gasteiger partial charge in [-0.25, -0.2) is 4.98 Å². The Kier molecular flexibility index (Phi) is 7.48. The Morgan fingerprint density at radius 1 is 1.16 bits per heavy atom. The number of carbonyl (C=O) groups is 1. The third-order valence-electron chi connectivity index (χ3n) is 5.63. The number of aromatic amines is 1. The Balaban J connectivity index is 0.00000245. The molecule has 3 heterocycles. The number of hydrogen-bond donors (Lipinski definition) is 2. The number of carboxylic acid groups (broad SMARTS) is 1. The first-order valence-corrected chi connectivity index (χ1v) is 11.2. The average molecular weight is 459 g/mol. The molecule has 1 fully saturated rings. The van der Waals surface area contributed by atoms with Crippen molar-refractivity contribution < 1.29 is 44.2 Å². The van der Waals surface area contributed by atoms with Crippen molar-refractivity contribution in [2.75, 3.05) is 18.4 Å². The van der Waals surface area contributed by atoms with Gasteiger partial charge in [0, 0.05) is 36.9 Å². The van der Waals surface area contributed by atoms with E-state index >= 15 is 0 Å². The van der Waals surface area contributed by atoms with Gasteiger partial charge in [0.15, 0.2) is 0 Å². The predicted octanol–water partition coefficient (Wildman–Crippen LogP) is -0.0423. The molecule has 0 unspecified atom stereocenters. The summed E-state index contributed by atoms with van der Waals surface area (Å²) in [7, 11) is 0. The first-order chi connectivity index (χ1) is 15.1. The van der Waals surface area contributed by atoms with Gasteiger partial charge in [0.05, 0.1) is 12.0 Å². The number of rotatable bonds is 6. The molecule has 0 saturated carbocycles. The number of ether oxygens (including phenoxy) is 1. The number of nitrogens with zero attached hydrogens (tertiary/aromatic N) is 2. The molecule has 2 N–H and O–H groups in total. The molecule has 1 saturated heterocycles. The first kappa shape index (κ1) is 23.2. The zero-order valence-corrected chi connectivity index (χ0v) is 20.8. The molecule has 2 aliphatic heterocycles. The van der Waals surface area contributed by atoms with Gasteiger partial charge in [-0.3, -0.25) is 4.90 Å². The molecule has 9 heteroatoms. The van der Waals surface area contributed by atoms with Gasteiger partial charge in [0.2, 0.25) is 0 Å². The number of carboxylic acids is 1. The van der Waals surface area contributed by atoms with Crippen molar-refractivity contribution in [1.29, 1.82) is 0 Å². The number of piperidine rings is 1. The number of anilines is 2. The van der Waals surface area contributed by atoms with Crippen molar-refractivity contribution in [2.24, 2.45) is 0 Å². The second-order valence-electron chi connectivity index (χ2n) is 7.93. The Hall–Kier alpha value is -1.97. The quantitative estimate of drug-likeness (QED) is 0.392. The zero-order chi connectivity index (χ0) is 21.2. The van der Waals surface area contributed by atoms with Crippen LogP contribution in [0.3, 0.4) is 0 Å². The Morgan fingerprint density at radius 3 is 2.66 bits per heavy atom. The van der Waals surface area contributed by atoms with Crippen molar-refractivity contribution in [3.05, 3.63) is 59.9 Å². The van der Waals surface area contributed by atoms with Crippen LogP contribution >= 0.6 is 11.8 Å². The Labute approximate surface area is 213 Å². The van der Waals surface area contributed by atoms with Crippen LogP contribution in [0.15, 0.2) is 58.7 Å². The SMILES string of the molecule is O=C([O-])Cc1ccc(OC2CCN(Cc3ccc4c(c3)Nc3[nH]cnc3S4)CC2)cc1.[Na+]. The van der Waals surface area contributed by atoms with E-state index < -0.39 is 5.97 Å². The second-order valence-corrected chi connectivity index (χ2v) is 8.96. The molecule has 5 rings (SSSR count). The molecular weight excluding hydrogens is 435 g/mol. The van der Waals surface area contributed by atoms with E-state index in [1.165, 1.54) is 10.5 Å². The van der Waals surface area contributed by atoms with Crippen LogP contribution in [0, 0.1) is 0 Å². The molecule has 3 aromatic rings. The summed E-state index contributed by atoms with van der Waals surface area (Å²) in [6.07, 6.45) is 3.77. The maximum absolute atomic E-state index is 10.7. The Morgan fingerprint density at radius 2 is 1.91 bits per heavy atom. The molecule has 2 aliphatic rings. The monoisotopic (exact) mass is 458 g/mol. The van der Waals surface area contributed by atoms with E-state index in [1.54, 1.807) is 30.2 Å². The summed E-state index contributed by atoms with van der Waals surface area (Å²) >= 11 is 1.68. The summed E-state index contributed by atoms with van der Waals surface area (Å²) in [5.74, 6) is 0.679. The van der Waals surface area contributed by atoms with Gasteiger partial charge in [-0.2, -0.15) is 0 Å². The molecule has 160 valence electrons. The molecule has 1 aromatic heterocycles. The number of imidazole rings is 1. The van der Waals surface area contributed by atoms with Crippen LogP contribution in [0.25, 0.3) is 0 Å². The summed E-state index contributed by atoms with van der Waals surface area (Å²) in [6, 6.07) is 13.8. The van der Waals surface area contributed by atoms with E-state index in [9.17, 15) is 9.90 Å². The molecule has 7 nitrogen and oxygen atoms in total. The number of carbonyl (C=O) groups excluding carboxylic acids is 1. The molecule has 0 amide bonds. The maximum atomic E-state index is 10.7. The van der Waals surface area contributed by atoms with Crippen molar-refractivity contribution in [2.45, 2.75) is 41.8 Å². The minimum absolute atomic E-state index is 0. The molecular formula is C23H23N4NaO3S. The van der Waals surface area contributed by atoms with Crippen LogP contribution in [-0.2, 0) is 17.8 Å². The van der Waals surface area contributed by atoms with Crippen LogP contribution in [-0.4, -0.2) is 40.0 Å². The van der Waals surface area contributed by atoms with E-state index in [4.69, 9.17) is 4.74 Å². The van der Waals surface area contributed by atoms with Crippen molar-refractivity contribution >= 4 is 29.2 Å². The van der Waals surface area contributed by atoms with Gasteiger partial charge >= 0.3 is 29.6 Å². The number of aromatic nitrogens is 2. The number of fused-ring (bicyclic) bond motifs is 2. The molecule has 0 spiro atoms. The number of nitrogens with one attached hydrogen (secondary N) is 2. The number of H-pyrrole nitrogens is 1. The molecule has 0 bridgehead atoms. The number of likely N-dealkylation sites (tertiary alicyclic amines) is 1. The summed E-state index contributed by atoms with van der Waals surface area (Å²) in [4.78, 5) is 21.8. The van der Waals surface area contributed by atoms with Gasteiger partial charge < -0.3 is 24.9 Å². The minimum atomic E-state index is -1.07. The molecule has 32 heavy (non-hydrogen) atoms. The van der Waals surface area contributed by atoms with E-state index in [2.05, 4.69) is 38.4 Å². The normalized spacial score (nSPS) is 15.8. The average Bonchev–Trinajstić information content (AvgIpc) is 3.22. The van der Waals surface area contributed by atoms with E-state index in [0.29, 0.717) is 0 Å². The zero-order valence-electron chi connectivity index (χ0n) is 18.0. The predicted molar refractivity (Wildman–Crippen MR) is 117 cm³/mol. The Bertz CT molecular complexity index is 1080. The number of benzene rings is 2. The van der Waals surface area contributed by atoms with Crippen LogP contribution in [0.5, 0.6) is 5.75 Å². The molecule has 0 atom stereocenters. The largest absolute Gasteiger partial charge is 1.00 e. The second kappa shape index (κ2) is 10.3. The van der Waals surface area contributed by atoms with Gasteiger partial charge in [-0.05, 0) is 48.2 Å². The first-order valence-electron chi connectivity index (χ1n) is 10.4. The molecule has 0 radical (unpaired) electrons. The van der Waals surface area contributed by atoms with E-state index in [-0.39, 0.29) is 42.1 Å². The minimum Gasteiger partial charge on any atom is -0.550 e. The van der Waals surface area contributed by atoms with Gasteiger partial charge in [-0.1, -0.05) is 30.0 Å². The fourth-order valence-electron chi connectivity index (χ4n) is 4.04. The van der Waals surface area contributed by atoms with E-state index in [0.717, 1.165) is 60.3 Å². The maximum Gasteiger partial charge on any atom is 1.00 e. The van der Waals surface area contributed by atoms with Crippen molar-refractivity contribution in [1.82, 2.24) is 14.9 Å². The van der Waals surface area contributed by atoms with Crippen LogP contribution in [0.2, 0.25) is 0 Å². The van der Waals surface area contributed by atoms with Crippen molar-refractivity contribution in [3.8, 4) is 5.75 Å². The number of hydrogen-bond acceptors (Lipinski definition) is 7. The third-order valence-corrected chi connectivity index (χ3v) is 6.71. The third kappa shape index (κ3) is 5.50. The van der Waals surface area contributed by atoms with Crippen LogP contribution in [0.4, 0.5) is 11.5 Å². The summed E-state index contributed by atoms with van der Waals surface area (Å²) in [6.45, 7) is 2.88. The summed E-state index contributed by atoms with van der Waals surface area (Å²) in [5.41, 5.74) is 3.14. The summed E-state index contributed by atoms with van der Waals surface area (Å²) < 4.78 is 6.10.